The average Bonchev–Trinajstić information content (AvgIpc) is 2.64. The maximum Gasteiger partial charge on any atom is 0.262 e. The molecule has 0 saturated heterocycles. The minimum Gasteiger partial charge on any atom is -0.281 e. The van der Waals surface area contributed by atoms with E-state index in [1.807, 2.05) is 66.7 Å². The summed E-state index contributed by atoms with van der Waals surface area (Å²) < 4.78 is 0. The number of carbonyl (C=O) groups excluding carboxylic acids is 1. The van der Waals surface area contributed by atoms with E-state index in [4.69, 9.17) is 0 Å². The number of rotatable bonds is 4. The van der Waals surface area contributed by atoms with E-state index in [9.17, 15) is 10.0 Å². The van der Waals surface area contributed by atoms with Crippen LogP contribution in [0, 0.1) is 0 Å². The Kier molecular flexibility index (Phi) is 4.50. The van der Waals surface area contributed by atoms with Gasteiger partial charge in [0.05, 0.1) is 11.6 Å². The van der Waals surface area contributed by atoms with Gasteiger partial charge in [0.2, 0.25) is 0 Å². The highest BCUT2D eigenvalue weighted by molar-refractivity contribution is 5.98. The van der Waals surface area contributed by atoms with Crippen molar-refractivity contribution < 1.29 is 10.0 Å². The minimum absolute atomic E-state index is 0.381. The van der Waals surface area contributed by atoms with E-state index >= 15 is 0 Å². The summed E-state index contributed by atoms with van der Waals surface area (Å²) in [6.07, 6.45) is 0. The molecule has 0 aliphatic heterocycles. The van der Waals surface area contributed by atoms with Gasteiger partial charge in [-0.05, 0) is 23.3 Å². The molecule has 0 fully saturated rings. The topological polar surface area (TPSA) is 40.5 Å². The number of amides is 1. The van der Waals surface area contributed by atoms with Crippen LogP contribution in [0.2, 0.25) is 0 Å². The summed E-state index contributed by atoms with van der Waals surface area (Å²) in [5.74, 6) is -0.934. The number of nitrogens with zero attached hydrogens (tertiary/aromatic N) is 1. The molecule has 0 saturated carbocycles. The van der Waals surface area contributed by atoms with E-state index in [0.29, 0.717) is 5.69 Å². The van der Waals surface area contributed by atoms with Crippen LogP contribution in [0.5, 0.6) is 0 Å². The first-order chi connectivity index (χ1) is 11.3. The molecule has 1 amide bonds. The molecular formula is C20H17NO2. The van der Waals surface area contributed by atoms with Gasteiger partial charge in [-0.3, -0.25) is 10.0 Å². The van der Waals surface area contributed by atoms with Gasteiger partial charge < -0.3 is 0 Å². The van der Waals surface area contributed by atoms with Gasteiger partial charge in [-0.25, -0.2) is 0 Å². The Labute approximate surface area is 135 Å². The summed E-state index contributed by atoms with van der Waals surface area (Å²) in [4.78, 5) is 12.9. The SMILES string of the molecule is O=C(C(c1ccccc1)c1ccccc1)N(O)c1ccccc1. The highest BCUT2D eigenvalue weighted by Crippen LogP contribution is 2.28. The van der Waals surface area contributed by atoms with Crippen LogP contribution in [0.4, 0.5) is 5.69 Å². The molecule has 1 N–H and O–H groups in total. The van der Waals surface area contributed by atoms with Crippen molar-refractivity contribution in [2.24, 2.45) is 0 Å². The van der Waals surface area contributed by atoms with E-state index < -0.39 is 5.92 Å². The third-order valence-corrected chi connectivity index (χ3v) is 3.72. The second-order valence-corrected chi connectivity index (χ2v) is 5.24. The van der Waals surface area contributed by atoms with Crippen LogP contribution in [0.15, 0.2) is 91.0 Å². The highest BCUT2D eigenvalue weighted by atomic mass is 16.5. The molecule has 0 aliphatic carbocycles. The zero-order chi connectivity index (χ0) is 16.1. The number of anilines is 1. The number of hydrogen-bond acceptors (Lipinski definition) is 2. The van der Waals surface area contributed by atoms with E-state index in [-0.39, 0.29) is 5.91 Å². The average molecular weight is 303 g/mol. The maximum atomic E-state index is 12.9. The van der Waals surface area contributed by atoms with E-state index in [1.54, 1.807) is 24.3 Å². The second kappa shape index (κ2) is 6.90. The maximum absolute atomic E-state index is 12.9. The van der Waals surface area contributed by atoms with Crippen LogP contribution in [0.1, 0.15) is 17.0 Å². The first-order valence-corrected chi connectivity index (χ1v) is 7.45. The first kappa shape index (κ1) is 15.0. The Bertz CT molecular complexity index is 718. The van der Waals surface area contributed by atoms with Crippen molar-refractivity contribution in [2.45, 2.75) is 5.92 Å². The molecular weight excluding hydrogens is 286 g/mol. The van der Waals surface area contributed by atoms with Crippen molar-refractivity contribution in [3.05, 3.63) is 102 Å². The summed E-state index contributed by atoms with van der Waals surface area (Å²) in [6.45, 7) is 0. The fraction of sp³-hybridized carbons (Fsp3) is 0.0500. The molecule has 0 aromatic heterocycles. The summed E-state index contributed by atoms with van der Waals surface area (Å²) in [7, 11) is 0. The molecule has 0 radical (unpaired) electrons. The molecule has 0 heterocycles. The molecule has 0 unspecified atom stereocenters. The highest BCUT2D eigenvalue weighted by Gasteiger charge is 2.27. The lowest BCUT2D eigenvalue weighted by molar-refractivity contribution is -0.124. The summed E-state index contributed by atoms with van der Waals surface area (Å²) in [6, 6.07) is 27.8. The van der Waals surface area contributed by atoms with Crippen molar-refractivity contribution >= 4 is 11.6 Å². The van der Waals surface area contributed by atoms with Crippen LogP contribution in [0.3, 0.4) is 0 Å². The molecule has 0 bridgehead atoms. The van der Waals surface area contributed by atoms with E-state index in [2.05, 4.69) is 0 Å². The van der Waals surface area contributed by atoms with Gasteiger partial charge in [-0.1, -0.05) is 78.9 Å². The standard InChI is InChI=1S/C20H17NO2/c22-20(21(23)18-14-8-3-9-15-18)19(16-10-4-1-5-11-16)17-12-6-2-7-13-17/h1-15,19,23H. The van der Waals surface area contributed by atoms with Crippen LogP contribution >= 0.6 is 0 Å². The van der Waals surface area contributed by atoms with Crippen molar-refractivity contribution in [1.82, 2.24) is 0 Å². The Hall–Kier alpha value is -2.91. The number of hydrogen-bond donors (Lipinski definition) is 1. The smallest absolute Gasteiger partial charge is 0.262 e. The Balaban J connectivity index is 2.00. The zero-order valence-corrected chi connectivity index (χ0v) is 12.5. The number of benzene rings is 3. The second-order valence-electron chi connectivity index (χ2n) is 5.24. The Morgan fingerprint density at radius 3 is 1.52 bits per heavy atom. The van der Waals surface area contributed by atoms with Gasteiger partial charge in [0.25, 0.3) is 5.91 Å². The quantitative estimate of drug-likeness (QED) is 0.578. The zero-order valence-electron chi connectivity index (χ0n) is 12.5. The van der Waals surface area contributed by atoms with Gasteiger partial charge in [0, 0.05) is 0 Å². The molecule has 3 aromatic rings. The third kappa shape index (κ3) is 3.30. The van der Waals surface area contributed by atoms with Crippen molar-refractivity contribution in [1.29, 1.82) is 0 Å². The fourth-order valence-electron chi connectivity index (χ4n) is 2.59. The van der Waals surface area contributed by atoms with E-state index in [0.717, 1.165) is 16.2 Å². The summed E-state index contributed by atoms with van der Waals surface area (Å²) >= 11 is 0. The molecule has 0 atom stereocenters. The molecule has 0 spiro atoms. The monoisotopic (exact) mass is 303 g/mol. The lowest BCUT2D eigenvalue weighted by Gasteiger charge is -2.23. The predicted octanol–water partition coefficient (Wildman–Crippen LogP) is 4.24. The summed E-state index contributed by atoms with van der Waals surface area (Å²) in [5.41, 5.74) is 2.15. The van der Waals surface area contributed by atoms with Gasteiger partial charge in [-0.2, -0.15) is 5.06 Å². The number of hydroxylamine groups is 1. The Morgan fingerprint density at radius 1 is 0.696 bits per heavy atom. The lowest BCUT2D eigenvalue weighted by atomic mass is 9.90. The number of carbonyl (C=O) groups is 1. The van der Waals surface area contributed by atoms with Crippen LogP contribution in [-0.2, 0) is 4.79 Å². The molecule has 3 heteroatoms. The molecule has 3 nitrogen and oxygen atoms in total. The predicted molar refractivity (Wildman–Crippen MR) is 90.4 cm³/mol. The van der Waals surface area contributed by atoms with Gasteiger partial charge in [-0.15, -0.1) is 0 Å². The van der Waals surface area contributed by atoms with Crippen molar-refractivity contribution in [3.8, 4) is 0 Å². The molecule has 23 heavy (non-hydrogen) atoms. The minimum atomic E-state index is -0.553. The number of para-hydroxylation sites is 1. The van der Waals surface area contributed by atoms with Crippen LogP contribution in [0.25, 0.3) is 0 Å². The largest absolute Gasteiger partial charge is 0.281 e. The molecule has 0 aliphatic rings. The van der Waals surface area contributed by atoms with E-state index in [1.165, 1.54) is 0 Å². The van der Waals surface area contributed by atoms with Gasteiger partial charge in [0.15, 0.2) is 0 Å². The van der Waals surface area contributed by atoms with Gasteiger partial charge in [0.1, 0.15) is 0 Å². The Morgan fingerprint density at radius 2 is 1.09 bits per heavy atom. The van der Waals surface area contributed by atoms with Crippen LogP contribution in [-0.4, -0.2) is 11.1 Å². The molecule has 3 aromatic carbocycles. The van der Waals surface area contributed by atoms with Gasteiger partial charge >= 0.3 is 0 Å². The summed E-state index contributed by atoms with van der Waals surface area (Å²) in [5, 5.41) is 11.1. The normalized spacial score (nSPS) is 10.5. The fourth-order valence-corrected chi connectivity index (χ4v) is 2.59. The third-order valence-electron chi connectivity index (χ3n) is 3.72. The first-order valence-electron chi connectivity index (χ1n) is 7.45. The van der Waals surface area contributed by atoms with Crippen LogP contribution < -0.4 is 5.06 Å². The lowest BCUT2D eigenvalue weighted by Crippen LogP contribution is -2.32. The molecule has 114 valence electrons. The van der Waals surface area contributed by atoms with Crippen molar-refractivity contribution in [3.63, 3.8) is 0 Å². The molecule has 3 rings (SSSR count). The van der Waals surface area contributed by atoms with Crippen molar-refractivity contribution in [2.75, 3.05) is 5.06 Å².